The minimum Gasteiger partial charge on any atom is -0.327 e. The van der Waals surface area contributed by atoms with E-state index in [-0.39, 0.29) is 36.3 Å². The van der Waals surface area contributed by atoms with Gasteiger partial charge in [0.15, 0.2) is 5.65 Å². The fraction of sp³-hybridized carbons (Fsp3) is 0.533. The van der Waals surface area contributed by atoms with Crippen molar-refractivity contribution in [2.24, 2.45) is 11.1 Å². The van der Waals surface area contributed by atoms with Crippen LogP contribution in [-0.4, -0.2) is 33.4 Å². The molecule has 130 valence electrons. The van der Waals surface area contributed by atoms with Crippen molar-refractivity contribution in [3.05, 3.63) is 34.2 Å². The summed E-state index contributed by atoms with van der Waals surface area (Å²) >= 11 is 12.2. The van der Waals surface area contributed by atoms with E-state index < -0.39 is 0 Å². The van der Waals surface area contributed by atoms with Crippen LogP contribution in [0.15, 0.2) is 18.5 Å². The fourth-order valence-corrected chi connectivity index (χ4v) is 3.53. The molecule has 1 aliphatic heterocycles. The lowest BCUT2D eigenvalue weighted by atomic mass is 9.80. The second-order valence-electron chi connectivity index (χ2n) is 6.56. The summed E-state index contributed by atoms with van der Waals surface area (Å²) in [6, 6.07) is 1.99. The van der Waals surface area contributed by atoms with Gasteiger partial charge in [-0.3, -0.25) is 4.90 Å². The summed E-state index contributed by atoms with van der Waals surface area (Å²) < 4.78 is 1.89. The lowest BCUT2D eigenvalue weighted by Gasteiger charge is -2.42. The Balaban J connectivity index is 0.00000132. The summed E-state index contributed by atoms with van der Waals surface area (Å²) in [5.41, 5.74) is 8.08. The van der Waals surface area contributed by atoms with Crippen LogP contribution in [0.2, 0.25) is 10.0 Å². The molecule has 1 aliphatic rings. The Labute approximate surface area is 159 Å². The van der Waals surface area contributed by atoms with Crippen LogP contribution in [0, 0.1) is 5.41 Å². The van der Waals surface area contributed by atoms with E-state index in [1.54, 1.807) is 6.07 Å². The fourth-order valence-electron chi connectivity index (χ4n) is 3.00. The van der Waals surface area contributed by atoms with Gasteiger partial charge in [0.25, 0.3) is 0 Å². The predicted molar refractivity (Wildman–Crippen MR) is 101 cm³/mol. The first-order chi connectivity index (χ1) is 9.85. The van der Waals surface area contributed by atoms with E-state index in [9.17, 15) is 0 Å². The van der Waals surface area contributed by atoms with E-state index in [1.807, 2.05) is 16.8 Å². The zero-order chi connectivity index (χ0) is 15.2. The van der Waals surface area contributed by atoms with Crippen LogP contribution in [0.5, 0.6) is 0 Å². The second kappa shape index (κ2) is 7.77. The van der Waals surface area contributed by atoms with Crippen LogP contribution in [-0.2, 0) is 6.54 Å². The molecular weight excluding hydrogens is 378 g/mol. The molecule has 3 rings (SSSR count). The van der Waals surface area contributed by atoms with Gasteiger partial charge >= 0.3 is 0 Å². The number of hydrogen-bond donors (Lipinski definition) is 1. The summed E-state index contributed by atoms with van der Waals surface area (Å²) in [6.07, 6.45) is 4.84. The monoisotopic (exact) mass is 398 g/mol. The lowest BCUT2D eigenvalue weighted by molar-refractivity contribution is 0.0890. The number of piperidine rings is 1. The van der Waals surface area contributed by atoms with Gasteiger partial charge in [0.1, 0.15) is 0 Å². The molecule has 0 radical (unpaired) electrons. The van der Waals surface area contributed by atoms with Gasteiger partial charge in [-0.05, 0) is 17.9 Å². The third-order valence-electron chi connectivity index (χ3n) is 4.30. The SMILES string of the molecule is CC1(C)CN(Cc2cn3cc(Cl)cc(Cl)c3n2)CCC1N.Cl.Cl. The van der Waals surface area contributed by atoms with Crippen molar-refractivity contribution >= 4 is 53.7 Å². The molecule has 0 saturated carbocycles. The molecule has 3 heterocycles. The molecule has 0 aromatic carbocycles. The van der Waals surface area contributed by atoms with Crippen molar-refractivity contribution in [3.63, 3.8) is 0 Å². The van der Waals surface area contributed by atoms with Gasteiger partial charge in [0.05, 0.1) is 15.7 Å². The molecule has 2 N–H and O–H groups in total. The van der Waals surface area contributed by atoms with Gasteiger partial charge in [0, 0.05) is 38.1 Å². The predicted octanol–water partition coefficient (Wildman–Crippen LogP) is 4.04. The highest BCUT2D eigenvalue weighted by Gasteiger charge is 2.33. The van der Waals surface area contributed by atoms with Crippen molar-refractivity contribution in [2.75, 3.05) is 13.1 Å². The molecule has 0 spiro atoms. The number of rotatable bonds is 2. The van der Waals surface area contributed by atoms with Gasteiger partial charge in [-0.15, -0.1) is 24.8 Å². The van der Waals surface area contributed by atoms with Crippen molar-refractivity contribution in [1.29, 1.82) is 0 Å². The molecule has 1 unspecified atom stereocenters. The first-order valence-electron chi connectivity index (χ1n) is 7.16. The van der Waals surface area contributed by atoms with Crippen molar-refractivity contribution in [3.8, 4) is 0 Å². The highest BCUT2D eigenvalue weighted by molar-refractivity contribution is 6.36. The zero-order valence-corrected chi connectivity index (χ0v) is 16.3. The molecule has 0 aliphatic carbocycles. The van der Waals surface area contributed by atoms with Crippen LogP contribution in [0.4, 0.5) is 0 Å². The van der Waals surface area contributed by atoms with Crippen LogP contribution in [0.3, 0.4) is 0 Å². The summed E-state index contributed by atoms with van der Waals surface area (Å²) in [5.74, 6) is 0. The minimum absolute atomic E-state index is 0. The molecule has 1 fully saturated rings. The second-order valence-corrected chi connectivity index (χ2v) is 7.41. The molecule has 0 bridgehead atoms. The first kappa shape index (κ1) is 20.8. The van der Waals surface area contributed by atoms with E-state index in [4.69, 9.17) is 28.9 Å². The quantitative estimate of drug-likeness (QED) is 0.828. The average Bonchev–Trinajstić information content (AvgIpc) is 2.76. The Hall–Kier alpha value is -0.230. The van der Waals surface area contributed by atoms with Gasteiger partial charge in [-0.25, -0.2) is 4.98 Å². The molecule has 0 amide bonds. The third kappa shape index (κ3) is 4.44. The number of halogens is 4. The number of nitrogens with two attached hydrogens (primary N) is 1. The van der Waals surface area contributed by atoms with Crippen molar-refractivity contribution < 1.29 is 0 Å². The maximum Gasteiger partial charge on any atom is 0.156 e. The minimum atomic E-state index is 0. The molecule has 2 aromatic heterocycles. The smallest absolute Gasteiger partial charge is 0.156 e. The van der Waals surface area contributed by atoms with Gasteiger partial charge < -0.3 is 10.1 Å². The third-order valence-corrected chi connectivity index (χ3v) is 4.78. The topological polar surface area (TPSA) is 46.6 Å². The van der Waals surface area contributed by atoms with E-state index >= 15 is 0 Å². The first-order valence-corrected chi connectivity index (χ1v) is 7.91. The highest BCUT2D eigenvalue weighted by atomic mass is 35.5. The Morgan fingerprint density at radius 2 is 2.00 bits per heavy atom. The number of fused-ring (bicyclic) bond motifs is 1. The van der Waals surface area contributed by atoms with Gasteiger partial charge in [-0.2, -0.15) is 0 Å². The number of hydrogen-bond acceptors (Lipinski definition) is 3. The summed E-state index contributed by atoms with van der Waals surface area (Å²) in [7, 11) is 0. The molecule has 1 atom stereocenters. The molecular formula is C15H22Cl4N4. The van der Waals surface area contributed by atoms with E-state index in [1.165, 1.54) is 0 Å². The van der Waals surface area contributed by atoms with E-state index in [2.05, 4.69) is 23.7 Å². The van der Waals surface area contributed by atoms with Crippen LogP contribution >= 0.6 is 48.0 Å². The average molecular weight is 400 g/mol. The number of aromatic nitrogens is 2. The summed E-state index contributed by atoms with van der Waals surface area (Å²) in [4.78, 5) is 7.02. The normalized spacial score (nSPS) is 20.8. The molecule has 8 heteroatoms. The van der Waals surface area contributed by atoms with E-state index in [0.29, 0.717) is 10.0 Å². The Bertz CT molecular complexity index is 671. The van der Waals surface area contributed by atoms with E-state index in [0.717, 1.165) is 37.4 Å². The van der Waals surface area contributed by atoms with Crippen molar-refractivity contribution in [2.45, 2.75) is 32.9 Å². The number of nitrogens with zero attached hydrogens (tertiary/aromatic N) is 3. The Morgan fingerprint density at radius 3 is 2.65 bits per heavy atom. The molecule has 23 heavy (non-hydrogen) atoms. The zero-order valence-electron chi connectivity index (χ0n) is 13.1. The summed E-state index contributed by atoms with van der Waals surface area (Å²) in [6.45, 7) is 7.25. The van der Waals surface area contributed by atoms with Gasteiger partial charge in [0.2, 0.25) is 0 Å². The molecule has 4 nitrogen and oxygen atoms in total. The largest absolute Gasteiger partial charge is 0.327 e. The van der Waals surface area contributed by atoms with Crippen LogP contribution < -0.4 is 5.73 Å². The Morgan fingerprint density at radius 1 is 1.30 bits per heavy atom. The van der Waals surface area contributed by atoms with Crippen molar-refractivity contribution in [1.82, 2.24) is 14.3 Å². The molecule has 2 aromatic rings. The standard InChI is InChI=1S/C15H20Cl2N4.2ClH/c1-15(2)9-20(4-3-13(15)18)7-11-8-21-6-10(16)5-12(17)14(21)19-11;;/h5-6,8,13H,3-4,7,9,18H2,1-2H3;2*1H. The maximum atomic E-state index is 6.19. The summed E-state index contributed by atoms with van der Waals surface area (Å²) in [5, 5.41) is 1.19. The number of pyridine rings is 1. The van der Waals surface area contributed by atoms with Crippen LogP contribution in [0.25, 0.3) is 5.65 Å². The number of imidazole rings is 1. The Kier molecular flexibility index (Phi) is 7.03. The lowest BCUT2D eigenvalue weighted by Crippen LogP contribution is -2.52. The maximum absolute atomic E-state index is 6.19. The molecule has 1 saturated heterocycles. The van der Waals surface area contributed by atoms with Gasteiger partial charge in [-0.1, -0.05) is 37.0 Å². The van der Waals surface area contributed by atoms with Crippen LogP contribution in [0.1, 0.15) is 26.0 Å². The highest BCUT2D eigenvalue weighted by Crippen LogP contribution is 2.29. The number of likely N-dealkylation sites (tertiary alicyclic amines) is 1.